The lowest BCUT2D eigenvalue weighted by atomic mass is 10.2. The van der Waals surface area contributed by atoms with Crippen LogP contribution in [0.3, 0.4) is 0 Å². The number of aryl methyl sites for hydroxylation is 1. The lowest BCUT2D eigenvalue weighted by molar-refractivity contribution is -0.159. The van der Waals surface area contributed by atoms with Gasteiger partial charge >= 0.3 is 16.1 Å². The van der Waals surface area contributed by atoms with E-state index in [1.807, 2.05) is 6.92 Å². The SMILES string of the molecule is CO[13C](=O)C(CC(Cl)Cl)N(C)OS(=O)(=O)c1ccc(C)cc1. The monoisotopic (exact) mass is 370 g/mol. The average Bonchev–Trinajstić information content (AvgIpc) is 2.43. The summed E-state index contributed by atoms with van der Waals surface area (Å²) in [4.78, 5) is 10.8. The van der Waals surface area contributed by atoms with Gasteiger partial charge in [-0.3, -0.25) is 4.79 Å². The number of methoxy groups -OCH3 is 1. The predicted molar refractivity (Wildman–Crippen MR) is 83.1 cm³/mol. The molecule has 0 bridgehead atoms. The summed E-state index contributed by atoms with van der Waals surface area (Å²) in [5, 5.41) is 0.874. The predicted octanol–water partition coefficient (Wildman–Crippen LogP) is 2.28. The molecule has 1 aromatic carbocycles. The molecule has 6 nitrogen and oxygen atoms in total. The molecule has 0 heterocycles. The minimum absolute atomic E-state index is 0.0261. The van der Waals surface area contributed by atoms with Crippen molar-refractivity contribution in [2.24, 2.45) is 0 Å². The number of hydroxylamine groups is 2. The number of alkyl halides is 2. The molecule has 1 rings (SSSR count). The first-order valence-electron chi connectivity index (χ1n) is 6.27. The van der Waals surface area contributed by atoms with Gasteiger partial charge in [-0.2, -0.15) is 17.8 Å². The maximum absolute atomic E-state index is 12.2. The van der Waals surface area contributed by atoms with E-state index in [2.05, 4.69) is 4.74 Å². The van der Waals surface area contributed by atoms with Crippen LogP contribution in [0.5, 0.6) is 0 Å². The Morgan fingerprint density at radius 2 is 1.82 bits per heavy atom. The number of nitrogens with zero attached hydrogens (tertiary/aromatic N) is 1. The molecule has 1 aromatic rings. The molecule has 0 fully saturated rings. The van der Waals surface area contributed by atoms with Crippen LogP contribution in [0, 0.1) is 6.92 Å². The van der Waals surface area contributed by atoms with E-state index in [4.69, 9.17) is 27.5 Å². The molecule has 0 radical (unpaired) electrons. The van der Waals surface area contributed by atoms with Crippen molar-refractivity contribution in [3.05, 3.63) is 29.8 Å². The zero-order valence-corrected chi connectivity index (χ0v) is 14.7. The summed E-state index contributed by atoms with van der Waals surface area (Å²) < 4.78 is 33.9. The first-order chi connectivity index (χ1) is 10.2. The van der Waals surface area contributed by atoms with Crippen LogP contribution in [0.1, 0.15) is 12.0 Å². The molecule has 0 aromatic heterocycles. The van der Waals surface area contributed by atoms with Crippen molar-refractivity contribution < 1.29 is 22.2 Å². The Kier molecular flexibility index (Phi) is 7.08. The van der Waals surface area contributed by atoms with E-state index in [-0.39, 0.29) is 11.3 Å². The molecule has 22 heavy (non-hydrogen) atoms. The van der Waals surface area contributed by atoms with Crippen molar-refractivity contribution in [2.45, 2.75) is 29.1 Å². The molecule has 0 saturated carbocycles. The highest BCUT2D eigenvalue weighted by Gasteiger charge is 2.31. The lowest BCUT2D eigenvalue weighted by Crippen LogP contribution is -2.41. The van der Waals surface area contributed by atoms with Crippen molar-refractivity contribution in [3.8, 4) is 0 Å². The van der Waals surface area contributed by atoms with Crippen molar-refractivity contribution in [2.75, 3.05) is 14.2 Å². The van der Waals surface area contributed by atoms with Crippen LogP contribution in [-0.2, 0) is 23.9 Å². The van der Waals surface area contributed by atoms with Gasteiger partial charge in [0.15, 0.2) is 0 Å². The average molecular weight is 371 g/mol. The number of likely N-dealkylation sites (N-methyl/N-ethyl adjacent to an activating group) is 1. The Morgan fingerprint density at radius 1 is 1.27 bits per heavy atom. The number of hydrogen-bond acceptors (Lipinski definition) is 6. The van der Waals surface area contributed by atoms with Gasteiger partial charge in [-0.25, -0.2) is 0 Å². The standard InChI is InChI=1S/C13H17Cl2NO5S/c1-9-4-6-10(7-5-9)22(18,19)21-16(2)11(8-12(14)15)13(17)20-3/h4-7,11-12H,8H2,1-3H3/i13+1. The Balaban J connectivity index is 2.93. The molecule has 0 aliphatic carbocycles. The van der Waals surface area contributed by atoms with Gasteiger partial charge in [0.05, 0.1) is 12.0 Å². The van der Waals surface area contributed by atoms with Crippen LogP contribution < -0.4 is 0 Å². The number of halogens is 2. The quantitative estimate of drug-likeness (QED) is 0.317. The van der Waals surface area contributed by atoms with Crippen LogP contribution >= 0.6 is 23.2 Å². The summed E-state index contributed by atoms with van der Waals surface area (Å²) >= 11 is 11.3. The summed E-state index contributed by atoms with van der Waals surface area (Å²) in [6.07, 6.45) is -0.0459. The van der Waals surface area contributed by atoms with E-state index in [0.29, 0.717) is 0 Å². The van der Waals surface area contributed by atoms with Gasteiger partial charge < -0.3 is 4.74 Å². The smallest absolute Gasteiger partial charge is 0.325 e. The largest absolute Gasteiger partial charge is 0.468 e. The van der Waals surface area contributed by atoms with E-state index >= 15 is 0 Å². The summed E-state index contributed by atoms with van der Waals surface area (Å²) in [5.41, 5.74) is 0.909. The van der Waals surface area contributed by atoms with Gasteiger partial charge in [0, 0.05) is 13.5 Å². The molecule has 0 spiro atoms. The van der Waals surface area contributed by atoms with E-state index < -0.39 is 27.0 Å². The van der Waals surface area contributed by atoms with Crippen LogP contribution in [0.25, 0.3) is 0 Å². The van der Waals surface area contributed by atoms with E-state index in [1.165, 1.54) is 26.3 Å². The molecule has 0 saturated heterocycles. The maximum Gasteiger partial charge on any atom is 0.325 e. The second kappa shape index (κ2) is 8.12. The minimum Gasteiger partial charge on any atom is -0.468 e. The molecule has 0 aliphatic heterocycles. The Bertz CT molecular complexity index is 603. The zero-order chi connectivity index (χ0) is 16.9. The summed E-state index contributed by atoms with van der Waals surface area (Å²) in [5.74, 6) is -0.701. The molecule has 9 heteroatoms. The molecule has 0 amide bonds. The van der Waals surface area contributed by atoms with Crippen molar-refractivity contribution in [1.29, 1.82) is 0 Å². The van der Waals surface area contributed by atoms with Gasteiger partial charge in [0.1, 0.15) is 10.9 Å². The highest BCUT2D eigenvalue weighted by atomic mass is 35.5. The number of carbonyl (C=O) groups is 1. The van der Waals surface area contributed by atoms with Crippen LogP contribution in [0.15, 0.2) is 29.2 Å². The molecule has 0 aliphatic rings. The van der Waals surface area contributed by atoms with Gasteiger partial charge in [-0.15, -0.1) is 23.2 Å². The van der Waals surface area contributed by atoms with Crippen LogP contribution in [-0.4, -0.2) is 44.5 Å². The van der Waals surface area contributed by atoms with Gasteiger partial charge in [0.25, 0.3) is 0 Å². The molecule has 124 valence electrons. The van der Waals surface area contributed by atoms with Crippen molar-refractivity contribution >= 4 is 39.3 Å². The summed E-state index contributed by atoms with van der Waals surface area (Å²) in [6, 6.07) is 5.06. The summed E-state index contributed by atoms with van der Waals surface area (Å²) in [7, 11) is -1.60. The van der Waals surface area contributed by atoms with Gasteiger partial charge in [0.2, 0.25) is 0 Å². The first kappa shape index (κ1) is 19.2. The van der Waals surface area contributed by atoms with E-state index in [1.54, 1.807) is 12.1 Å². The Labute approximate surface area is 140 Å². The lowest BCUT2D eigenvalue weighted by Gasteiger charge is -2.24. The van der Waals surface area contributed by atoms with Crippen molar-refractivity contribution in [3.63, 3.8) is 0 Å². The number of rotatable bonds is 7. The molecule has 0 N–H and O–H groups in total. The third kappa shape index (κ3) is 5.40. The van der Waals surface area contributed by atoms with Crippen LogP contribution in [0.4, 0.5) is 0 Å². The Morgan fingerprint density at radius 3 is 2.27 bits per heavy atom. The highest BCUT2D eigenvalue weighted by Crippen LogP contribution is 2.19. The fourth-order valence-electron chi connectivity index (χ4n) is 1.65. The molecular weight excluding hydrogens is 354 g/mol. The molecule has 1 unspecified atom stereocenters. The molecular formula is C13H17Cl2NO5S. The Hall–Kier alpha value is -0.860. The van der Waals surface area contributed by atoms with Gasteiger partial charge in [-0.1, -0.05) is 17.7 Å². The third-order valence-corrected chi connectivity index (χ3v) is 4.48. The zero-order valence-electron chi connectivity index (χ0n) is 12.3. The van der Waals surface area contributed by atoms with Crippen molar-refractivity contribution in [1.82, 2.24) is 5.06 Å². The number of ether oxygens (including phenoxy) is 1. The summed E-state index contributed by atoms with van der Waals surface area (Å²) in [6.45, 7) is 1.83. The minimum atomic E-state index is -4.07. The number of hydrogen-bond donors (Lipinski definition) is 0. The second-order valence-electron chi connectivity index (χ2n) is 4.55. The number of carbonyl (C=O) groups excluding carboxylic acids is 1. The van der Waals surface area contributed by atoms with Crippen LogP contribution in [0.2, 0.25) is 0 Å². The maximum atomic E-state index is 12.2. The second-order valence-corrected chi connectivity index (χ2v) is 7.36. The first-order valence-corrected chi connectivity index (χ1v) is 8.55. The van der Waals surface area contributed by atoms with E-state index in [9.17, 15) is 13.2 Å². The van der Waals surface area contributed by atoms with Gasteiger partial charge in [-0.05, 0) is 19.1 Å². The fourth-order valence-corrected chi connectivity index (χ4v) is 2.96. The topological polar surface area (TPSA) is 72.9 Å². The van der Waals surface area contributed by atoms with E-state index in [0.717, 1.165) is 10.6 Å². The molecule has 1 atom stereocenters. The normalized spacial score (nSPS) is 13.4. The number of benzene rings is 1. The fraction of sp³-hybridized carbons (Fsp3) is 0.462. The number of esters is 1. The third-order valence-electron chi connectivity index (χ3n) is 2.84. The highest BCUT2D eigenvalue weighted by molar-refractivity contribution is 7.86.